The molecule has 0 aliphatic carbocycles. The summed E-state index contributed by atoms with van der Waals surface area (Å²) in [6, 6.07) is 0.184. The summed E-state index contributed by atoms with van der Waals surface area (Å²) in [4.78, 5) is 4.30. The molecule has 1 heterocycles. The number of rotatable bonds is 8. The van der Waals surface area contributed by atoms with Crippen molar-refractivity contribution in [3.8, 4) is 0 Å². The molecule has 0 aliphatic heterocycles. The van der Waals surface area contributed by atoms with Gasteiger partial charge in [0.15, 0.2) is 0 Å². The smallest absolute Gasteiger partial charge is 0.211 e. The summed E-state index contributed by atoms with van der Waals surface area (Å²) < 4.78 is 10.9. The molecule has 2 atom stereocenters. The molecule has 0 amide bonds. The molecule has 4 heteroatoms. The first-order valence-electron chi connectivity index (χ1n) is 6.38. The van der Waals surface area contributed by atoms with Gasteiger partial charge in [0.1, 0.15) is 5.76 Å². The third-order valence-electron chi connectivity index (χ3n) is 2.84. The van der Waals surface area contributed by atoms with Gasteiger partial charge in [-0.1, -0.05) is 6.92 Å². The Bertz CT molecular complexity index is 312. The largest absolute Gasteiger partial charge is 0.444 e. The van der Waals surface area contributed by atoms with Crippen molar-refractivity contribution in [3.63, 3.8) is 0 Å². The minimum absolute atomic E-state index is 0.184. The highest BCUT2D eigenvalue weighted by atomic mass is 16.5. The van der Waals surface area contributed by atoms with E-state index in [-0.39, 0.29) is 12.1 Å². The van der Waals surface area contributed by atoms with E-state index in [9.17, 15) is 0 Å². The summed E-state index contributed by atoms with van der Waals surface area (Å²) in [6.45, 7) is 7.26. The van der Waals surface area contributed by atoms with Crippen LogP contribution in [0.5, 0.6) is 0 Å². The van der Waals surface area contributed by atoms with E-state index < -0.39 is 0 Å². The van der Waals surface area contributed by atoms with Crippen molar-refractivity contribution in [1.29, 1.82) is 0 Å². The molecule has 4 nitrogen and oxygen atoms in total. The lowest BCUT2D eigenvalue weighted by Crippen LogP contribution is -2.19. The Morgan fingerprint density at radius 2 is 2.24 bits per heavy atom. The summed E-state index contributed by atoms with van der Waals surface area (Å²) in [5.74, 6) is 1.72. The van der Waals surface area contributed by atoms with Gasteiger partial charge in [0.25, 0.3) is 0 Å². The maximum Gasteiger partial charge on any atom is 0.211 e. The van der Waals surface area contributed by atoms with E-state index in [1.54, 1.807) is 7.11 Å². The molecular formula is C13H24N2O2. The highest BCUT2D eigenvalue weighted by molar-refractivity contribution is 4.97. The Balaban J connectivity index is 2.41. The maximum absolute atomic E-state index is 5.71. The number of hydrogen-bond acceptors (Lipinski definition) is 4. The van der Waals surface area contributed by atoms with E-state index in [4.69, 9.17) is 9.15 Å². The molecule has 0 aromatic carbocycles. The zero-order valence-electron chi connectivity index (χ0n) is 11.3. The normalized spacial score (nSPS) is 14.8. The van der Waals surface area contributed by atoms with Gasteiger partial charge < -0.3 is 14.5 Å². The highest BCUT2D eigenvalue weighted by Gasteiger charge is 2.11. The molecule has 0 spiro atoms. The fourth-order valence-corrected chi connectivity index (χ4v) is 1.55. The van der Waals surface area contributed by atoms with Gasteiger partial charge in [0.05, 0.1) is 18.3 Å². The fourth-order valence-electron chi connectivity index (χ4n) is 1.55. The van der Waals surface area contributed by atoms with E-state index in [2.05, 4.69) is 31.1 Å². The summed E-state index contributed by atoms with van der Waals surface area (Å²) in [5, 5.41) is 3.36. The number of nitrogens with one attached hydrogen (secondary N) is 1. The van der Waals surface area contributed by atoms with Gasteiger partial charge in [0, 0.05) is 13.5 Å². The average Bonchev–Trinajstić information content (AvgIpc) is 2.81. The summed E-state index contributed by atoms with van der Waals surface area (Å²) in [7, 11) is 1.73. The first-order chi connectivity index (χ1) is 8.17. The fraction of sp³-hybridized carbons (Fsp3) is 0.769. The van der Waals surface area contributed by atoms with Crippen LogP contribution in [-0.4, -0.2) is 24.7 Å². The maximum atomic E-state index is 5.71. The molecule has 0 aliphatic rings. The monoisotopic (exact) mass is 240 g/mol. The lowest BCUT2D eigenvalue weighted by Gasteiger charge is -2.09. The van der Waals surface area contributed by atoms with Gasteiger partial charge in [0.2, 0.25) is 5.89 Å². The van der Waals surface area contributed by atoms with Crippen LogP contribution in [0.15, 0.2) is 10.6 Å². The van der Waals surface area contributed by atoms with E-state index in [0.717, 1.165) is 37.5 Å². The van der Waals surface area contributed by atoms with Crippen molar-refractivity contribution in [2.24, 2.45) is 0 Å². The minimum Gasteiger partial charge on any atom is -0.444 e. The second-order valence-corrected chi connectivity index (χ2v) is 4.43. The van der Waals surface area contributed by atoms with Crippen LogP contribution in [-0.2, 0) is 11.2 Å². The van der Waals surface area contributed by atoms with Crippen LogP contribution >= 0.6 is 0 Å². The summed E-state index contributed by atoms with van der Waals surface area (Å²) in [6.07, 6.45) is 5.04. The molecule has 98 valence electrons. The van der Waals surface area contributed by atoms with Crippen molar-refractivity contribution in [2.75, 3.05) is 13.7 Å². The Morgan fingerprint density at radius 3 is 2.88 bits per heavy atom. The molecule has 0 fully saturated rings. The summed E-state index contributed by atoms with van der Waals surface area (Å²) in [5.41, 5.74) is 0. The lowest BCUT2D eigenvalue weighted by molar-refractivity contribution is 0.110. The van der Waals surface area contributed by atoms with Gasteiger partial charge in [-0.2, -0.15) is 0 Å². The van der Waals surface area contributed by atoms with E-state index in [0.29, 0.717) is 0 Å². The van der Waals surface area contributed by atoms with Crippen LogP contribution in [0.2, 0.25) is 0 Å². The van der Waals surface area contributed by atoms with Gasteiger partial charge in [-0.15, -0.1) is 0 Å². The average molecular weight is 240 g/mol. The third-order valence-corrected chi connectivity index (χ3v) is 2.84. The Hall–Kier alpha value is -0.870. The zero-order valence-corrected chi connectivity index (χ0v) is 11.3. The quantitative estimate of drug-likeness (QED) is 0.759. The molecular weight excluding hydrogens is 216 g/mol. The van der Waals surface area contributed by atoms with Gasteiger partial charge in [-0.05, 0) is 33.2 Å². The first-order valence-corrected chi connectivity index (χ1v) is 6.38. The lowest BCUT2D eigenvalue weighted by atomic mass is 10.2. The molecule has 0 bridgehead atoms. The van der Waals surface area contributed by atoms with Crippen LogP contribution in [0, 0.1) is 0 Å². The second kappa shape index (κ2) is 7.45. The van der Waals surface area contributed by atoms with Crippen molar-refractivity contribution in [3.05, 3.63) is 17.8 Å². The Kier molecular flexibility index (Phi) is 6.22. The highest BCUT2D eigenvalue weighted by Crippen LogP contribution is 2.14. The van der Waals surface area contributed by atoms with Crippen molar-refractivity contribution >= 4 is 0 Å². The molecule has 17 heavy (non-hydrogen) atoms. The summed E-state index contributed by atoms with van der Waals surface area (Å²) >= 11 is 0. The Morgan fingerprint density at radius 1 is 1.47 bits per heavy atom. The van der Waals surface area contributed by atoms with Crippen LogP contribution in [0.4, 0.5) is 0 Å². The number of nitrogens with zero attached hydrogens (tertiary/aromatic N) is 1. The topological polar surface area (TPSA) is 47.3 Å². The predicted molar refractivity (Wildman–Crippen MR) is 68.0 cm³/mol. The molecule has 0 saturated carbocycles. The van der Waals surface area contributed by atoms with Crippen molar-refractivity contribution < 1.29 is 9.15 Å². The van der Waals surface area contributed by atoms with Crippen molar-refractivity contribution in [1.82, 2.24) is 10.3 Å². The molecule has 1 rings (SSSR count). The third kappa shape index (κ3) is 4.88. The number of oxazole rings is 1. The van der Waals surface area contributed by atoms with Crippen LogP contribution in [0.3, 0.4) is 0 Å². The minimum atomic E-state index is 0.184. The number of methoxy groups -OCH3 is 1. The predicted octanol–water partition coefficient (Wildman–Crippen LogP) is 2.70. The zero-order chi connectivity index (χ0) is 12.7. The molecule has 1 aromatic heterocycles. The van der Waals surface area contributed by atoms with E-state index >= 15 is 0 Å². The van der Waals surface area contributed by atoms with Crippen LogP contribution in [0.25, 0.3) is 0 Å². The molecule has 2 unspecified atom stereocenters. The number of hydrogen-bond donors (Lipinski definition) is 1. The van der Waals surface area contributed by atoms with Crippen molar-refractivity contribution in [2.45, 2.75) is 52.2 Å². The molecule has 1 N–H and O–H groups in total. The SMILES string of the molecule is CCCNC(C)c1ncc(CCC(C)OC)o1. The van der Waals surface area contributed by atoms with Crippen LogP contribution in [0.1, 0.15) is 51.3 Å². The van der Waals surface area contributed by atoms with Crippen LogP contribution < -0.4 is 5.32 Å². The van der Waals surface area contributed by atoms with Gasteiger partial charge in [-0.3, -0.25) is 0 Å². The van der Waals surface area contributed by atoms with Gasteiger partial charge >= 0.3 is 0 Å². The van der Waals surface area contributed by atoms with Gasteiger partial charge in [-0.25, -0.2) is 4.98 Å². The number of aryl methyl sites for hydroxylation is 1. The first kappa shape index (κ1) is 14.2. The Labute approximate surface area is 104 Å². The number of ether oxygens (including phenoxy) is 1. The molecule has 0 saturated heterocycles. The second-order valence-electron chi connectivity index (χ2n) is 4.43. The van der Waals surface area contributed by atoms with E-state index in [1.807, 2.05) is 6.20 Å². The van der Waals surface area contributed by atoms with E-state index in [1.165, 1.54) is 0 Å². The standard InChI is InChI=1S/C13H24N2O2/c1-5-8-14-11(3)13-15-9-12(17-13)7-6-10(2)16-4/h9-11,14H,5-8H2,1-4H3. The molecule has 0 radical (unpaired) electrons. The number of aromatic nitrogens is 1. The molecule has 1 aromatic rings.